The van der Waals surface area contributed by atoms with Crippen molar-refractivity contribution in [3.8, 4) is 5.75 Å². The van der Waals surface area contributed by atoms with Gasteiger partial charge in [0.25, 0.3) is 0 Å². The number of rotatable bonds is 7. The third-order valence-corrected chi connectivity index (χ3v) is 8.90. The minimum absolute atomic E-state index is 0.337. The molecule has 0 bridgehead atoms. The highest BCUT2D eigenvalue weighted by Crippen LogP contribution is 2.38. The quantitative estimate of drug-likeness (QED) is 0.478. The minimum atomic E-state index is -0.397. The molecule has 10 nitrogen and oxygen atoms in total. The van der Waals surface area contributed by atoms with Crippen LogP contribution in [0.4, 0.5) is 11.5 Å². The highest BCUT2D eigenvalue weighted by molar-refractivity contribution is 5.83. The second kappa shape index (κ2) is 11.9. The van der Waals surface area contributed by atoms with Crippen molar-refractivity contribution in [2.45, 2.75) is 50.9 Å². The van der Waals surface area contributed by atoms with E-state index in [2.05, 4.69) is 57.5 Å². The van der Waals surface area contributed by atoms with Gasteiger partial charge in [-0.15, -0.1) is 0 Å². The molecule has 2 aromatic rings. The van der Waals surface area contributed by atoms with Crippen LogP contribution >= 0.6 is 0 Å². The molecule has 6 rings (SSSR count). The number of nitrogens with one attached hydrogen (secondary N) is 2. The molecule has 3 fully saturated rings. The molecule has 4 aliphatic rings. The van der Waals surface area contributed by atoms with Crippen LogP contribution in [-0.2, 0) is 11.2 Å². The van der Waals surface area contributed by atoms with E-state index in [1.807, 2.05) is 6.20 Å². The summed E-state index contributed by atoms with van der Waals surface area (Å²) < 4.78 is 11.5. The smallest absolute Gasteiger partial charge is 0.148 e. The van der Waals surface area contributed by atoms with Crippen molar-refractivity contribution in [1.29, 1.82) is 0 Å². The van der Waals surface area contributed by atoms with Gasteiger partial charge in [-0.1, -0.05) is 13.0 Å². The van der Waals surface area contributed by atoms with Crippen LogP contribution in [0.3, 0.4) is 0 Å². The molecule has 3 saturated heterocycles. The summed E-state index contributed by atoms with van der Waals surface area (Å²) >= 11 is 0. The van der Waals surface area contributed by atoms with Crippen LogP contribution in [0.2, 0.25) is 0 Å². The van der Waals surface area contributed by atoms with E-state index in [0.717, 1.165) is 117 Å². The van der Waals surface area contributed by atoms with Crippen LogP contribution in [0.15, 0.2) is 24.4 Å². The van der Waals surface area contributed by atoms with Crippen LogP contribution < -0.4 is 26.0 Å². The van der Waals surface area contributed by atoms with Crippen LogP contribution in [-0.4, -0.2) is 98.5 Å². The van der Waals surface area contributed by atoms with E-state index in [1.165, 1.54) is 6.42 Å². The number of likely N-dealkylation sites (N-methyl/N-ethyl adjacent to an activating group) is 1. The van der Waals surface area contributed by atoms with Crippen LogP contribution in [0.1, 0.15) is 55.0 Å². The van der Waals surface area contributed by atoms with Gasteiger partial charge in [-0.2, -0.15) is 0 Å². The molecule has 40 heavy (non-hydrogen) atoms. The van der Waals surface area contributed by atoms with Gasteiger partial charge in [0.1, 0.15) is 23.4 Å². The maximum Gasteiger partial charge on any atom is 0.148 e. The zero-order valence-corrected chi connectivity index (χ0v) is 24.2. The summed E-state index contributed by atoms with van der Waals surface area (Å²) in [6, 6.07) is 7.44. The summed E-state index contributed by atoms with van der Waals surface area (Å²) in [5.41, 5.74) is 12.2. The van der Waals surface area contributed by atoms with Gasteiger partial charge in [0.15, 0.2) is 0 Å². The van der Waals surface area contributed by atoms with E-state index >= 15 is 0 Å². The lowest BCUT2D eigenvalue weighted by Crippen LogP contribution is -2.49. The number of aryl methyl sites for hydroxylation is 1. The predicted molar refractivity (Wildman–Crippen MR) is 159 cm³/mol. The zero-order chi connectivity index (χ0) is 27.6. The molecule has 0 amide bonds. The Labute approximate surface area is 237 Å². The first-order valence-corrected chi connectivity index (χ1v) is 14.9. The Bertz CT molecular complexity index is 1220. The topological polar surface area (TPSA) is 104 Å². The van der Waals surface area contributed by atoms with Gasteiger partial charge in [0, 0.05) is 76.3 Å². The molecule has 5 heterocycles. The largest absolute Gasteiger partial charge is 0.495 e. The van der Waals surface area contributed by atoms with E-state index < -0.39 is 6.17 Å². The van der Waals surface area contributed by atoms with E-state index in [0.29, 0.717) is 12.1 Å². The third kappa shape index (κ3) is 5.50. The van der Waals surface area contributed by atoms with Gasteiger partial charge in [-0.3, -0.25) is 4.90 Å². The van der Waals surface area contributed by atoms with E-state index in [1.54, 1.807) is 7.11 Å². The number of ether oxygens (including phenoxy) is 2. The van der Waals surface area contributed by atoms with E-state index in [-0.39, 0.29) is 0 Å². The Morgan fingerprint density at radius 1 is 1.10 bits per heavy atom. The highest BCUT2D eigenvalue weighted by atomic mass is 16.5. The average Bonchev–Trinajstić information content (AvgIpc) is 3.48. The molecule has 0 radical (unpaired) electrons. The molecule has 4 aliphatic heterocycles. The van der Waals surface area contributed by atoms with Gasteiger partial charge < -0.3 is 35.6 Å². The molecule has 0 saturated carbocycles. The Hall–Kier alpha value is -2.92. The summed E-state index contributed by atoms with van der Waals surface area (Å²) in [6.07, 6.45) is 5.48. The first-order valence-electron chi connectivity index (χ1n) is 14.9. The molecule has 2 atom stereocenters. The molecule has 0 aliphatic carbocycles. The third-order valence-electron chi connectivity index (χ3n) is 8.90. The Morgan fingerprint density at radius 2 is 1.90 bits per heavy atom. The Balaban J connectivity index is 1.26. The summed E-state index contributed by atoms with van der Waals surface area (Å²) in [4.78, 5) is 17.7. The average molecular weight is 549 g/mol. The predicted octanol–water partition coefficient (Wildman–Crippen LogP) is 2.41. The molecule has 1 aromatic heterocycles. The first-order chi connectivity index (χ1) is 19.5. The van der Waals surface area contributed by atoms with Gasteiger partial charge in [0.05, 0.1) is 24.2 Å². The summed E-state index contributed by atoms with van der Waals surface area (Å²) in [5.74, 6) is 1.73. The van der Waals surface area contributed by atoms with Gasteiger partial charge in [-0.05, 0) is 50.4 Å². The van der Waals surface area contributed by atoms with E-state index in [4.69, 9.17) is 25.2 Å². The van der Waals surface area contributed by atoms with E-state index in [9.17, 15) is 0 Å². The number of nitrogens with zero attached hydrogens (tertiary/aromatic N) is 5. The second-order valence-electron chi connectivity index (χ2n) is 11.5. The number of fused-ring (bicyclic) bond motifs is 1. The fourth-order valence-electron chi connectivity index (χ4n) is 6.39. The lowest BCUT2D eigenvalue weighted by atomic mass is 9.97. The Kier molecular flexibility index (Phi) is 8.11. The standard InChI is InChI=1S/C30H44N8O2/c1-4-24-30(33-21-8-15-40-16-9-21)35-27-23(18-32-29(31)28(27)34-24)20-5-6-25(26(17-20)39-3)38-10-7-22(19-38)37-13-11-36(2)12-14-37/h5-6,17-18,21-22,29,32H,4,7-16,19,31H2,1-3H3,(H,33,35). The number of methoxy groups -OCH3 is 1. The highest BCUT2D eigenvalue weighted by Gasteiger charge is 2.31. The maximum absolute atomic E-state index is 6.46. The van der Waals surface area contributed by atoms with Gasteiger partial charge >= 0.3 is 0 Å². The number of anilines is 2. The van der Waals surface area contributed by atoms with Crippen molar-refractivity contribution < 1.29 is 9.47 Å². The molecular weight excluding hydrogens is 504 g/mol. The fourth-order valence-corrected chi connectivity index (χ4v) is 6.39. The molecule has 0 spiro atoms. The summed E-state index contributed by atoms with van der Waals surface area (Å²) in [5, 5.41) is 6.97. The van der Waals surface area contributed by atoms with Crippen LogP contribution in [0, 0.1) is 0 Å². The van der Waals surface area contributed by atoms with Crippen molar-refractivity contribution in [3.63, 3.8) is 0 Å². The Morgan fingerprint density at radius 3 is 2.65 bits per heavy atom. The fraction of sp³-hybridized carbons (Fsp3) is 0.600. The number of benzene rings is 1. The molecule has 1 aromatic carbocycles. The van der Waals surface area contributed by atoms with Crippen molar-refractivity contribution >= 4 is 17.1 Å². The zero-order valence-electron chi connectivity index (χ0n) is 24.2. The lowest BCUT2D eigenvalue weighted by molar-refractivity contribution is 0.0903. The van der Waals surface area contributed by atoms with Crippen molar-refractivity contribution in [1.82, 2.24) is 25.1 Å². The molecule has 4 N–H and O–H groups in total. The summed E-state index contributed by atoms with van der Waals surface area (Å²) in [6.45, 7) is 10.3. The lowest BCUT2D eigenvalue weighted by Gasteiger charge is -2.36. The molecular formula is C30H44N8O2. The number of hydrogen-bond acceptors (Lipinski definition) is 10. The number of aromatic nitrogens is 2. The van der Waals surface area contributed by atoms with Gasteiger partial charge in [-0.25, -0.2) is 9.97 Å². The molecule has 10 heteroatoms. The van der Waals surface area contributed by atoms with Crippen molar-refractivity contribution in [2.24, 2.45) is 5.73 Å². The van der Waals surface area contributed by atoms with Crippen molar-refractivity contribution in [3.05, 3.63) is 47.0 Å². The monoisotopic (exact) mass is 548 g/mol. The van der Waals surface area contributed by atoms with Crippen LogP contribution in [0.5, 0.6) is 5.75 Å². The minimum Gasteiger partial charge on any atom is -0.495 e. The van der Waals surface area contributed by atoms with Crippen molar-refractivity contribution in [2.75, 3.05) is 76.9 Å². The normalized spacial score (nSPS) is 24.4. The number of piperazine rings is 1. The van der Waals surface area contributed by atoms with Gasteiger partial charge in [0.2, 0.25) is 0 Å². The second-order valence-corrected chi connectivity index (χ2v) is 11.5. The SMILES string of the molecule is CCc1nc2c(nc1NC1CCOCC1)C(c1ccc(N3CCC(N4CCN(C)CC4)C3)c(OC)c1)=CNC2N. The number of nitrogens with two attached hydrogens (primary N) is 1. The first kappa shape index (κ1) is 27.3. The molecule has 2 unspecified atom stereocenters. The maximum atomic E-state index is 6.46. The summed E-state index contributed by atoms with van der Waals surface area (Å²) in [7, 11) is 3.98. The van der Waals surface area contributed by atoms with Crippen LogP contribution in [0.25, 0.3) is 5.57 Å². The number of hydrogen-bond donors (Lipinski definition) is 3. The molecule has 216 valence electrons.